The van der Waals surface area contributed by atoms with Crippen LogP contribution in [-0.2, 0) is 6.54 Å². The number of aryl methyl sites for hydroxylation is 1. The van der Waals surface area contributed by atoms with E-state index in [0.29, 0.717) is 30.4 Å². The van der Waals surface area contributed by atoms with Gasteiger partial charge in [0.15, 0.2) is 17.5 Å². The van der Waals surface area contributed by atoms with Gasteiger partial charge in [-0.05, 0) is 56.5 Å². The maximum atomic E-state index is 5.78. The second kappa shape index (κ2) is 15.4. The van der Waals surface area contributed by atoms with Crippen LogP contribution in [0.15, 0.2) is 41.4 Å². The fourth-order valence-electron chi connectivity index (χ4n) is 3.00. The molecule has 0 bridgehead atoms. The number of halogens is 1. The van der Waals surface area contributed by atoms with Gasteiger partial charge in [0, 0.05) is 13.1 Å². The lowest BCUT2D eigenvalue weighted by molar-refractivity contribution is 0.307. The minimum atomic E-state index is 0. The zero-order chi connectivity index (χ0) is 22.5. The standard InChI is InChI=1S/C24H35N3O4.HI/c1-6-25-24(26-13-7-8-14-31-20-11-9-18(2)10-12-20)27-17-19-15-21(28-3)23(30-5)22(16-19)29-4;/h9-12,15-16H,6-8,13-14,17H2,1-5H3,(H2,25,26,27);1H. The quantitative estimate of drug-likeness (QED) is 0.173. The van der Waals surface area contributed by atoms with Crippen LogP contribution in [0.2, 0.25) is 0 Å². The highest BCUT2D eigenvalue weighted by Crippen LogP contribution is 2.38. The summed E-state index contributed by atoms with van der Waals surface area (Å²) < 4.78 is 22.0. The molecule has 2 aromatic carbocycles. The molecule has 0 unspecified atom stereocenters. The summed E-state index contributed by atoms with van der Waals surface area (Å²) in [5.41, 5.74) is 2.21. The molecule has 0 aliphatic heterocycles. The molecule has 0 radical (unpaired) electrons. The molecule has 0 saturated carbocycles. The maximum absolute atomic E-state index is 5.78. The largest absolute Gasteiger partial charge is 0.494 e. The first kappa shape index (κ1) is 27.7. The molecule has 32 heavy (non-hydrogen) atoms. The third kappa shape index (κ3) is 9.02. The molecular weight excluding hydrogens is 521 g/mol. The number of benzene rings is 2. The van der Waals surface area contributed by atoms with Crippen LogP contribution >= 0.6 is 24.0 Å². The van der Waals surface area contributed by atoms with Crippen molar-refractivity contribution in [3.63, 3.8) is 0 Å². The first-order valence-electron chi connectivity index (χ1n) is 10.6. The van der Waals surface area contributed by atoms with Crippen LogP contribution in [0, 0.1) is 6.92 Å². The molecule has 7 nitrogen and oxygen atoms in total. The number of guanidine groups is 1. The van der Waals surface area contributed by atoms with Gasteiger partial charge in [-0.1, -0.05) is 17.7 Å². The smallest absolute Gasteiger partial charge is 0.203 e. The van der Waals surface area contributed by atoms with Gasteiger partial charge < -0.3 is 29.6 Å². The predicted octanol–water partition coefficient (Wildman–Crippen LogP) is 4.55. The average molecular weight is 557 g/mol. The molecule has 0 fully saturated rings. The molecule has 0 heterocycles. The monoisotopic (exact) mass is 557 g/mol. The summed E-state index contributed by atoms with van der Waals surface area (Å²) in [4.78, 5) is 4.67. The van der Waals surface area contributed by atoms with Crippen LogP contribution in [-0.4, -0.2) is 47.0 Å². The highest BCUT2D eigenvalue weighted by Gasteiger charge is 2.13. The second-order valence-electron chi connectivity index (χ2n) is 7.02. The van der Waals surface area contributed by atoms with Crippen molar-refractivity contribution >= 4 is 29.9 Å². The summed E-state index contributed by atoms with van der Waals surface area (Å²) in [6.07, 6.45) is 1.95. The van der Waals surface area contributed by atoms with Crippen molar-refractivity contribution in [1.82, 2.24) is 10.6 Å². The number of ether oxygens (including phenoxy) is 4. The van der Waals surface area contributed by atoms with Gasteiger partial charge in [0.05, 0.1) is 34.5 Å². The number of rotatable bonds is 12. The first-order valence-corrected chi connectivity index (χ1v) is 10.6. The summed E-state index contributed by atoms with van der Waals surface area (Å²) in [5.74, 6) is 3.52. The Morgan fingerprint density at radius 2 is 1.56 bits per heavy atom. The second-order valence-corrected chi connectivity index (χ2v) is 7.02. The Hall–Kier alpha value is -2.36. The first-order chi connectivity index (χ1) is 15.1. The zero-order valence-electron chi connectivity index (χ0n) is 19.7. The number of nitrogens with one attached hydrogen (secondary N) is 2. The van der Waals surface area contributed by atoms with Crippen LogP contribution in [0.4, 0.5) is 0 Å². The Kier molecular flexibility index (Phi) is 13.4. The van der Waals surface area contributed by atoms with E-state index < -0.39 is 0 Å². The summed E-state index contributed by atoms with van der Waals surface area (Å²) in [6.45, 7) is 6.91. The summed E-state index contributed by atoms with van der Waals surface area (Å²) in [6, 6.07) is 12.0. The predicted molar refractivity (Wildman–Crippen MR) is 140 cm³/mol. The van der Waals surface area contributed by atoms with Gasteiger partial charge in [-0.15, -0.1) is 24.0 Å². The number of hydrogen-bond donors (Lipinski definition) is 2. The highest BCUT2D eigenvalue weighted by atomic mass is 127. The fraction of sp³-hybridized carbons (Fsp3) is 0.458. The number of nitrogens with zero attached hydrogens (tertiary/aromatic N) is 1. The third-order valence-electron chi connectivity index (χ3n) is 4.64. The van der Waals surface area contributed by atoms with E-state index in [2.05, 4.69) is 34.7 Å². The topological polar surface area (TPSA) is 73.3 Å². The van der Waals surface area contributed by atoms with Gasteiger partial charge in [-0.2, -0.15) is 0 Å². The lowest BCUT2D eigenvalue weighted by Gasteiger charge is -2.14. The molecule has 0 aliphatic rings. The molecule has 0 aromatic heterocycles. The zero-order valence-corrected chi connectivity index (χ0v) is 22.0. The van der Waals surface area contributed by atoms with E-state index in [1.165, 1.54) is 5.56 Å². The molecule has 0 spiro atoms. The summed E-state index contributed by atoms with van der Waals surface area (Å²) in [5, 5.41) is 6.65. The van der Waals surface area contributed by atoms with Crippen LogP contribution < -0.4 is 29.6 Å². The van der Waals surface area contributed by atoms with Crippen molar-refractivity contribution in [3.8, 4) is 23.0 Å². The van der Waals surface area contributed by atoms with Gasteiger partial charge in [0.25, 0.3) is 0 Å². The number of hydrogen-bond acceptors (Lipinski definition) is 5. The summed E-state index contributed by atoms with van der Waals surface area (Å²) >= 11 is 0. The van der Waals surface area contributed by atoms with E-state index in [9.17, 15) is 0 Å². The third-order valence-corrected chi connectivity index (χ3v) is 4.64. The van der Waals surface area contributed by atoms with Crippen LogP contribution in [0.1, 0.15) is 30.9 Å². The lowest BCUT2D eigenvalue weighted by Crippen LogP contribution is -2.37. The molecule has 0 amide bonds. The van der Waals surface area contributed by atoms with E-state index in [0.717, 1.165) is 43.2 Å². The SMILES string of the molecule is CCNC(=NCc1cc(OC)c(OC)c(OC)c1)NCCCCOc1ccc(C)cc1.I. The Morgan fingerprint density at radius 3 is 2.12 bits per heavy atom. The normalized spacial score (nSPS) is 10.7. The van der Waals surface area contributed by atoms with Crippen molar-refractivity contribution < 1.29 is 18.9 Å². The molecule has 2 rings (SSSR count). The molecule has 0 saturated heterocycles. The molecule has 178 valence electrons. The van der Waals surface area contributed by atoms with Crippen molar-refractivity contribution in [1.29, 1.82) is 0 Å². The van der Waals surface area contributed by atoms with E-state index >= 15 is 0 Å². The van der Waals surface area contributed by atoms with Gasteiger partial charge in [0.2, 0.25) is 5.75 Å². The van der Waals surface area contributed by atoms with Crippen LogP contribution in [0.3, 0.4) is 0 Å². The molecule has 2 aromatic rings. The highest BCUT2D eigenvalue weighted by molar-refractivity contribution is 14.0. The molecule has 0 atom stereocenters. The maximum Gasteiger partial charge on any atom is 0.203 e. The Bertz CT molecular complexity index is 803. The molecule has 2 N–H and O–H groups in total. The molecule has 0 aliphatic carbocycles. The van der Waals surface area contributed by atoms with Gasteiger partial charge in [0.1, 0.15) is 5.75 Å². The van der Waals surface area contributed by atoms with Crippen molar-refractivity contribution in [2.45, 2.75) is 33.2 Å². The summed E-state index contributed by atoms with van der Waals surface area (Å²) in [7, 11) is 4.81. The van der Waals surface area contributed by atoms with Gasteiger partial charge in [-0.3, -0.25) is 0 Å². The van der Waals surface area contributed by atoms with Crippen molar-refractivity contribution in [2.75, 3.05) is 41.0 Å². The van der Waals surface area contributed by atoms with Crippen LogP contribution in [0.25, 0.3) is 0 Å². The number of methoxy groups -OCH3 is 3. The van der Waals surface area contributed by atoms with Crippen molar-refractivity contribution in [2.24, 2.45) is 4.99 Å². The van der Waals surface area contributed by atoms with Gasteiger partial charge in [-0.25, -0.2) is 4.99 Å². The van der Waals surface area contributed by atoms with Crippen molar-refractivity contribution in [3.05, 3.63) is 47.5 Å². The van der Waals surface area contributed by atoms with Gasteiger partial charge >= 0.3 is 0 Å². The number of unbranched alkanes of at least 4 members (excludes halogenated alkanes) is 1. The average Bonchev–Trinajstić information content (AvgIpc) is 2.79. The molecule has 8 heteroatoms. The lowest BCUT2D eigenvalue weighted by atomic mass is 10.2. The molecular formula is C24H36IN3O4. The Morgan fingerprint density at radius 1 is 0.906 bits per heavy atom. The fourth-order valence-corrected chi connectivity index (χ4v) is 3.00. The Balaban J connectivity index is 0.00000512. The minimum absolute atomic E-state index is 0. The van der Waals surface area contributed by atoms with E-state index in [-0.39, 0.29) is 24.0 Å². The van der Waals surface area contributed by atoms with E-state index in [4.69, 9.17) is 18.9 Å². The number of aliphatic imine (C=N–C) groups is 1. The minimum Gasteiger partial charge on any atom is -0.494 e. The van der Waals surface area contributed by atoms with E-state index in [1.807, 2.05) is 31.2 Å². The van der Waals surface area contributed by atoms with E-state index in [1.54, 1.807) is 21.3 Å². The Labute approximate surface area is 208 Å². The van der Waals surface area contributed by atoms with Crippen LogP contribution in [0.5, 0.6) is 23.0 Å².